The van der Waals surface area contributed by atoms with Crippen molar-refractivity contribution in [2.45, 2.75) is 135 Å². The van der Waals surface area contributed by atoms with Gasteiger partial charge < -0.3 is 25.3 Å². The Hall–Kier alpha value is 0.0900. The van der Waals surface area contributed by atoms with Crippen molar-refractivity contribution >= 4 is 12.4 Å². The maximum Gasteiger partial charge on any atom is 0.0104 e. The van der Waals surface area contributed by atoms with Gasteiger partial charge in [0.05, 0.1) is 0 Å². The van der Waals surface area contributed by atoms with Crippen molar-refractivity contribution < 1.29 is 0 Å². The van der Waals surface area contributed by atoms with Crippen LogP contribution in [0.25, 0.3) is 0 Å². The predicted molar refractivity (Wildman–Crippen MR) is 178 cm³/mol. The van der Waals surface area contributed by atoms with E-state index in [4.69, 9.17) is 5.73 Å². The van der Waals surface area contributed by atoms with Crippen molar-refractivity contribution in [1.29, 1.82) is 0 Å². The summed E-state index contributed by atoms with van der Waals surface area (Å²) in [5, 5.41) is 0. The van der Waals surface area contributed by atoms with E-state index in [0.29, 0.717) is 0 Å². The zero-order chi connectivity index (χ0) is 27.7. The zero-order valence-corrected chi connectivity index (χ0v) is 28.0. The molecule has 0 saturated carbocycles. The highest BCUT2D eigenvalue weighted by Gasteiger charge is 2.17. The smallest absolute Gasteiger partial charge is 0.0104 e. The minimum Gasteiger partial charge on any atom is -0.330 e. The maximum absolute atomic E-state index is 5.90. The van der Waals surface area contributed by atoms with Crippen molar-refractivity contribution in [2.24, 2.45) is 5.73 Å². The number of hydrogen-bond donors (Lipinski definition) is 1. The summed E-state index contributed by atoms with van der Waals surface area (Å²) < 4.78 is 0. The minimum absolute atomic E-state index is 0. The van der Waals surface area contributed by atoms with Crippen LogP contribution in [0.1, 0.15) is 129 Å². The van der Waals surface area contributed by atoms with Crippen LogP contribution >= 0.6 is 12.4 Å². The first-order valence-corrected chi connectivity index (χ1v) is 17.1. The van der Waals surface area contributed by atoms with E-state index in [2.05, 4.69) is 47.7 Å². The summed E-state index contributed by atoms with van der Waals surface area (Å²) in [6, 6.07) is 0.730. The lowest BCUT2D eigenvalue weighted by Gasteiger charge is -2.32. The second-order valence-electron chi connectivity index (χ2n) is 12.6. The number of rotatable bonds is 15. The molecule has 1 fully saturated rings. The van der Waals surface area contributed by atoms with E-state index in [-0.39, 0.29) is 12.4 Å². The molecule has 1 heterocycles. The molecule has 1 aliphatic heterocycles. The average molecular weight is 574 g/mol. The molecule has 1 atom stereocenters. The van der Waals surface area contributed by atoms with Crippen molar-refractivity contribution in [2.75, 3.05) is 80.0 Å². The van der Waals surface area contributed by atoms with Crippen LogP contribution < -0.4 is 5.73 Å². The molecule has 1 rings (SSSR count). The van der Waals surface area contributed by atoms with E-state index in [1.54, 1.807) is 0 Å². The maximum atomic E-state index is 5.90. The molecule has 0 amide bonds. The fraction of sp³-hybridized carbons (Fsp3) is 1.00. The van der Waals surface area contributed by atoms with Gasteiger partial charge in [0, 0.05) is 6.04 Å². The fourth-order valence-electron chi connectivity index (χ4n) is 6.09. The van der Waals surface area contributed by atoms with Gasteiger partial charge in [-0.05, 0) is 131 Å². The number of nitrogens with zero attached hydrogens (tertiary/aromatic N) is 4. The van der Waals surface area contributed by atoms with Gasteiger partial charge in [-0.1, -0.05) is 77.6 Å². The molecule has 2 N–H and O–H groups in total. The standard InChI is InChI=1S/C33H71N5.ClH/c1-5-6-7-8-9-10-11-12-13-14-15-22-33-23-32-38(30-20-24-34)31-21-28-36(3)26-17-16-25-35(2)27-18-19-29-37(33)4;/h33H,5-32,34H2,1-4H3;1H. The summed E-state index contributed by atoms with van der Waals surface area (Å²) in [5.74, 6) is 0. The van der Waals surface area contributed by atoms with Gasteiger partial charge >= 0.3 is 0 Å². The zero-order valence-electron chi connectivity index (χ0n) is 27.2. The molecule has 236 valence electrons. The number of nitrogens with two attached hydrogens (primary N) is 1. The molecule has 1 aliphatic rings. The van der Waals surface area contributed by atoms with Crippen LogP contribution in [0, 0.1) is 0 Å². The Kier molecular flexibility index (Phi) is 28.3. The van der Waals surface area contributed by atoms with E-state index in [0.717, 1.165) is 19.0 Å². The minimum atomic E-state index is 0. The topological polar surface area (TPSA) is 39.0 Å². The summed E-state index contributed by atoms with van der Waals surface area (Å²) in [6.45, 7) is 13.0. The van der Waals surface area contributed by atoms with Gasteiger partial charge in [-0.15, -0.1) is 12.4 Å². The molecule has 6 heteroatoms. The highest BCUT2D eigenvalue weighted by atomic mass is 35.5. The molecule has 0 aliphatic carbocycles. The van der Waals surface area contributed by atoms with Gasteiger partial charge in [-0.2, -0.15) is 0 Å². The van der Waals surface area contributed by atoms with Crippen LogP contribution in [0.3, 0.4) is 0 Å². The van der Waals surface area contributed by atoms with Gasteiger partial charge in [-0.25, -0.2) is 0 Å². The highest BCUT2D eigenvalue weighted by Crippen LogP contribution is 2.17. The van der Waals surface area contributed by atoms with Crippen molar-refractivity contribution in [1.82, 2.24) is 19.6 Å². The summed E-state index contributed by atoms with van der Waals surface area (Å²) in [7, 11) is 7.03. The number of halogens is 1. The molecule has 0 bridgehead atoms. The first kappa shape index (κ1) is 39.1. The highest BCUT2D eigenvalue weighted by molar-refractivity contribution is 5.85. The molecule has 0 radical (unpaired) electrons. The van der Waals surface area contributed by atoms with Gasteiger partial charge in [0.1, 0.15) is 0 Å². The molecule has 0 aromatic rings. The lowest BCUT2D eigenvalue weighted by Crippen LogP contribution is -2.38. The van der Waals surface area contributed by atoms with E-state index < -0.39 is 0 Å². The Bertz CT molecular complexity index is 495. The van der Waals surface area contributed by atoms with E-state index in [1.807, 2.05) is 0 Å². The van der Waals surface area contributed by atoms with Gasteiger partial charge in [0.25, 0.3) is 0 Å². The van der Waals surface area contributed by atoms with Gasteiger partial charge in [-0.3, -0.25) is 0 Å². The molecule has 1 unspecified atom stereocenters. The Balaban J connectivity index is 0.0000144. The third-order valence-electron chi connectivity index (χ3n) is 8.87. The molecule has 5 nitrogen and oxygen atoms in total. The van der Waals surface area contributed by atoms with Crippen molar-refractivity contribution in [3.8, 4) is 0 Å². The summed E-state index contributed by atoms with van der Waals surface area (Å²) >= 11 is 0. The Labute approximate surface area is 252 Å². The Morgan fingerprint density at radius 3 is 1.59 bits per heavy atom. The number of unbranched alkanes of at least 4 members (excludes halogenated alkanes) is 10. The molecular formula is C33H72ClN5. The second kappa shape index (κ2) is 28.2. The van der Waals surface area contributed by atoms with Crippen LogP contribution in [0.4, 0.5) is 0 Å². The SMILES string of the molecule is CCCCCCCCCCCCCC1CCN(CCCN)CCCN(C)CCCCN(C)CCCCN1C.Cl. The van der Waals surface area contributed by atoms with E-state index in [9.17, 15) is 0 Å². The first-order valence-electron chi connectivity index (χ1n) is 17.1. The molecule has 1 saturated heterocycles. The molecule has 39 heavy (non-hydrogen) atoms. The predicted octanol–water partition coefficient (Wildman–Crippen LogP) is 7.28. The molecule has 0 aromatic heterocycles. The summed E-state index contributed by atoms with van der Waals surface area (Å²) in [6.07, 6.45) is 26.2. The van der Waals surface area contributed by atoms with Crippen LogP contribution in [0.2, 0.25) is 0 Å². The van der Waals surface area contributed by atoms with Crippen molar-refractivity contribution in [3.63, 3.8) is 0 Å². The fourth-order valence-corrected chi connectivity index (χ4v) is 6.09. The largest absolute Gasteiger partial charge is 0.330 e. The summed E-state index contributed by atoms with van der Waals surface area (Å²) in [5.41, 5.74) is 5.90. The van der Waals surface area contributed by atoms with Gasteiger partial charge in [0.2, 0.25) is 0 Å². The lowest BCUT2D eigenvalue weighted by molar-refractivity contribution is 0.170. The van der Waals surface area contributed by atoms with Crippen LogP contribution in [-0.4, -0.2) is 106 Å². The van der Waals surface area contributed by atoms with Crippen LogP contribution in [0.15, 0.2) is 0 Å². The van der Waals surface area contributed by atoms with E-state index in [1.165, 1.54) is 168 Å². The van der Waals surface area contributed by atoms with Crippen LogP contribution in [0.5, 0.6) is 0 Å². The third kappa shape index (κ3) is 23.4. The molecule has 0 spiro atoms. The average Bonchev–Trinajstić information content (AvgIpc) is 2.91. The normalized spacial score (nSPS) is 21.3. The first-order chi connectivity index (χ1) is 18.6. The second-order valence-corrected chi connectivity index (χ2v) is 12.6. The van der Waals surface area contributed by atoms with Crippen molar-refractivity contribution in [3.05, 3.63) is 0 Å². The third-order valence-corrected chi connectivity index (χ3v) is 8.87. The van der Waals surface area contributed by atoms with Crippen LogP contribution in [-0.2, 0) is 0 Å². The Morgan fingerprint density at radius 2 is 1.05 bits per heavy atom. The van der Waals surface area contributed by atoms with Gasteiger partial charge in [0.15, 0.2) is 0 Å². The quantitative estimate of drug-likeness (QED) is 0.208. The monoisotopic (exact) mass is 574 g/mol. The number of hydrogen-bond acceptors (Lipinski definition) is 5. The summed E-state index contributed by atoms with van der Waals surface area (Å²) in [4.78, 5) is 10.5. The van der Waals surface area contributed by atoms with E-state index >= 15 is 0 Å². The Morgan fingerprint density at radius 1 is 0.564 bits per heavy atom. The molecule has 0 aromatic carbocycles. The lowest BCUT2D eigenvalue weighted by atomic mass is 10.0. The molecular weight excluding hydrogens is 502 g/mol.